The zero-order chi connectivity index (χ0) is 13.6. The first kappa shape index (κ1) is 14.8. The van der Waals surface area contributed by atoms with Crippen LogP contribution in [0.4, 0.5) is 13.2 Å². The van der Waals surface area contributed by atoms with Crippen LogP contribution in [0.2, 0.25) is 0 Å². The molecule has 0 saturated carbocycles. The summed E-state index contributed by atoms with van der Waals surface area (Å²) in [7, 11) is 0. The van der Waals surface area contributed by atoms with Crippen molar-refractivity contribution in [2.45, 2.75) is 26.4 Å². The maximum Gasteiger partial charge on any atom is 0.401 e. The maximum absolute atomic E-state index is 11.9. The number of aryl methyl sites for hydroxylation is 1. The largest absolute Gasteiger partial charge is 0.494 e. The standard InChI is InChI=1S/C13H18F3NO/c1-3-18-12-5-4-11(8-10(12)2)6-7-17-9-13(14,15)16/h4-5,8,17H,3,6-7,9H2,1-2H3. The van der Waals surface area contributed by atoms with Crippen molar-refractivity contribution in [2.75, 3.05) is 19.7 Å². The fourth-order valence-corrected chi connectivity index (χ4v) is 1.65. The third kappa shape index (κ3) is 5.40. The number of hydrogen-bond acceptors (Lipinski definition) is 2. The molecule has 0 spiro atoms. The van der Waals surface area contributed by atoms with E-state index in [2.05, 4.69) is 5.32 Å². The molecule has 102 valence electrons. The van der Waals surface area contributed by atoms with Crippen LogP contribution in [0.15, 0.2) is 18.2 Å². The van der Waals surface area contributed by atoms with Crippen LogP contribution in [-0.4, -0.2) is 25.9 Å². The van der Waals surface area contributed by atoms with Crippen molar-refractivity contribution in [3.8, 4) is 5.75 Å². The second-order valence-electron chi connectivity index (χ2n) is 4.07. The van der Waals surface area contributed by atoms with Crippen LogP contribution in [0.5, 0.6) is 5.75 Å². The fourth-order valence-electron chi connectivity index (χ4n) is 1.65. The highest BCUT2D eigenvalue weighted by atomic mass is 19.4. The summed E-state index contributed by atoms with van der Waals surface area (Å²) in [5, 5.41) is 2.38. The van der Waals surface area contributed by atoms with E-state index < -0.39 is 12.7 Å². The molecule has 0 aromatic heterocycles. The molecule has 0 saturated heterocycles. The molecule has 0 unspecified atom stereocenters. The summed E-state index contributed by atoms with van der Waals surface area (Å²) >= 11 is 0. The minimum atomic E-state index is -4.14. The Kier molecular flexibility index (Phi) is 5.47. The molecule has 0 aliphatic carbocycles. The number of hydrogen-bond donors (Lipinski definition) is 1. The van der Waals surface area contributed by atoms with E-state index in [4.69, 9.17) is 4.74 Å². The van der Waals surface area contributed by atoms with Gasteiger partial charge in [-0.1, -0.05) is 12.1 Å². The lowest BCUT2D eigenvalue weighted by Gasteiger charge is -2.10. The average Bonchev–Trinajstić information content (AvgIpc) is 2.27. The molecule has 1 aromatic carbocycles. The molecule has 2 nitrogen and oxygen atoms in total. The number of benzene rings is 1. The molecule has 0 heterocycles. The van der Waals surface area contributed by atoms with E-state index in [9.17, 15) is 13.2 Å². The van der Waals surface area contributed by atoms with E-state index in [1.807, 2.05) is 32.0 Å². The quantitative estimate of drug-likeness (QED) is 0.794. The minimum absolute atomic E-state index is 0.312. The van der Waals surface area contributed by atoms with Crippen LogP contribution in [0.25, 0.3) is 0 Å². The zero-order valence-electron chi connectivity index (χ0n) is 10.6. The summed E-state index contributed by atoms with van der Waals surface area (Å²) in [6.45, 7) is 3.81. The van der Waals surface area contributed by atoms with Gasteiger partial charge in [0.1, 0.15) is 5.75 Å². The van der Waals surface area contributed by atoms with Gasteiger partial charge in [-0.2, -0.15) is 13.2 Å². The molecular weight excluding hydrogens is 243 g/mol. The SMILES string of the molecule is CCOc1ccc(CCNCC(F)(F)F)cc1C. The Morgan fingerprint density at radius 3 is 2.56 bits per heavy atom. The first-order chi connectivity index (χ1) is 8.42. The van der Waals surface area contributed by atoms with Gasteiger partial charge in [0.15, 0.2) is 0 Å². The van der Waals surface area contributed by atoms with Gasteiger partial charge in [0, 0.05) is 0 Å². The van der Waals surface area contributed by atoms with Crippen molar-refractivity contribution in [3.63, 3.8) is 0 Å². The molecule has 18 heavy (non-hydrogen) atoms. The third-order valence-electron chi connectivity index (χ3n) is 2.46. The van der Waals surface area contributed by atoms with E-state index in [1.54, 1.807) is 0 Å². The van der Waals surface area contributed by atoms with E-state index >= 15 is 0 Å². The van der Waals surface area contributed by atoms with E-state index in [-0.39, 0.29) is 0 Å². The summed E-state index contributed by atoms with van der Waals surface area (Å²) in [6.07, 6.45) is -3.57. The first-order valence-electron chi connectivity index (χ1n) is 5.92. The molecule has 1 N–H and O–H groups in total. The second-order valence-corrected chi connectivity index (χ2v) is 4.07. The van der Waals surface area contributed by atoms with E-state index in [0.717, 1.165) is 16.9 Å². The predicted molar refractivity (Wildman–Crippen MR) is 65.0 cm³/mol. The van der Waals surface area contributed by atoms with Crippen LogP contribution in [0, 0.1) is 6.92 Å². The third-order valence-corrected chi connectivity index (χ3v) is 2.46. The molecule has 1 aromatic rings. The molecule has 0 aliphatic rings. The smallest absolute Gasteiger partial charge is 0.401 e. The molecule has 0 fully saturated rings. The monoisotopic (exact) mass is 261 g/mol. The van der Waals surface area contributed by atoms with Gasteiger partial charge in [0.25, 0.3) is 0 Å². The first-order valence-corrected chi connectivity index (χ1v) is 5.92. The Labute approximate surface area is 105 Å². The molecule has 1 rings (SSSR count). The normalized spacial score (nSPS) is 11.6. The van der Waals surface area contributed by atoms with Crippen LogP contribution < -0.4 is 10.1 Å². The number of rotatable bonds is 6. The Morgan fingerprint density at radius 2 is 2.00 bits per heavy atom. The summed E-state index contributed by atoms with van der Waals surface area (Å²) in [4.78, 5) is 0. The predicted octanol–water partition coefficient (Wildman–Crippen LogP) is 3.09. The van der Waals surface area contributed by atoms with Gasteiger partial charge in [-0.3, -0.25) is 0 Å². The lowest BCUT2D eigenvalue weighted by molar-refractivity contribution is -0.124. The lowest BCUT2D eigenvalue weighted by Crippen LogP contribution is -2.30. The highest BCUT2D eigenvalue weighted by molar-refractivity contribution is 5.36. The summed E-state index contributed by atoms with van der Waals surface area (Å²) in [6, 6.07) is 5.69. The van der Waals surface area contributed by atoms with Crippen LogP contribution in [-0.2, 0) is 6.42 Å². The van der Waals surface area contributed by atoms with E-state index in [1.165, 1.54) is 0 Å². The molecular formula is C13H18F3NO. The van der Waals surface area contributed by atoms with Gasteiger partial charge in [-0.05, 0) is 44.0 Å². The summed E-state index contributed by atoms with van der Waals surface area (Å²) in [5.74, 6) is 0.824. The van der Waals surface area contributed by atoms with Crippen molar-refractivity contribution in [3.05, 3.63) is 29.3 Å². The van der Waals surface area contributed by atoms with Gasteiger partial charge >= 0.3 is 6.18 Å². The van der Waals surface area contributed by atoms with Gasteiger partial charge in [-0.15, -0.1) is 0 Å². The van der Waals surface area contributed by atoms with Crippen molar-refractivity contribution >= 4 is 0 Å². The fraction of sp³-hybridized carbons (Fsp3) is 0.538. The highest BCUT2D eigenvalue weighted by Gasteiger charge is 2.25. The molecule has 0 bridgehead atoms. The summed E-state index contributed by atoms with van der Waals surface area (Å²) < 4.78 is 41.1. The molecule has 0 atom stereocenters. The van der Waals surface area contributed by atoms with Crippen molar-refractivity contribution in [1.29, 1.82) is 0 Å². The molecule has 5 heteroatoms. The number of nitrogens with one attached hydrogen (secondary N) is 1. The van der Waals surface area contributed by atoms with Crippen molar-refractivity contribution in [1.82, 2.24) is 5.32 Å². The zero-order valence-corrected chi connectivity index (χ0v) is 10.6. The average molecular weight is 261 g/mol. The molecule has 0 amide bonds. The minimum Gasteiger partial charge on any atom is -0.494 e. The van der Waals surface area contributed by atoms with Crippen LogP contribution >= 0.6 is 0 Å². The van der Waals surface area contributed by atoms with Gasteiger partial charge < -0.3 is 10.1 Å². The van der Waals surface area contributed by atoms with Crippen molar-refractivity contribution < 1.29 is 17.9 Å². The van der Waals surface area contributed by atoms with Crippen LogP contribution in [0.1, 0.15) is 18.1 Å². The Morgan fingerprint density at radius 1 is 1.28 bits per heavy atom. The maximum atomic E-state index is 11.9. The van der Waals surface area contributed by atoms with Gasteiger partial charge in [0.2, 0.25) is 0 Å². The highest BCUT2D eigenvalue weighted by Crippen LogP contribution is 2.19. The topological polar surface area (TPSA) is 21.3 Å². The Balaban J connectivity index is 2.41. The number of ether oxygens (including phenoxy) is 1. The Bertz CT molecular complexity index is 377. The number of alkyl halides is 3. The second kappa shape index (κ2) is 6.64. The van der Waals surface area contributed by atoms with Crippen LogP contribution in [0.3, 0.4) is 0 Å². The molecule has 0 radical (unpaired) electrons. The van der Waals surface area contributed by atoms with Crippen molar-refractivity contribution in [2.24, 2.45) is 0 Å². The Hall–Kier alpha value is -1.23. The van der Waals surface area contributed by atoms with Gasteiger partial charge in [0.05, 0.1) is 13.2 Å². The van der Waals surface area contributed by atoms with E-state index in [0.29, 0.717) is 19.6 Å². The van der Waals surface area contributed by atoms with Gasteiger partial charge in [-0.25, -0.2) is 0 Å². The summed E-state index contributed by atoms with van der Waals surface area (Å²) in [5.41, 5.74) is 2.01. The lowest BCUT2D eigenvalue weighted by atomic mass is 10.1. The number of halogens is 3. The molecule has 0 aliphatic heterocycles.